The largest absolute Gasteiger partial charge is 0.508 e. The number of phenolic OH excluding ortho intramolecular Hbond substituents is 1. The average molecular weight is 385 g/mol. The van der Waals surface area contributed by atoms with Crippen LogP contribution in [0.5, 0.6) is 5.75 Å². The van der Waals surface area contributed by atoms with Gasteiger partial charge in [-0.25, -0.2) is 4.79 Å². The fraction of sp³-hybridized carbons (Fsp3) is 0.105. The molecule has 1 heterocycles. The van der Waals surface area contributed by atoms with E-state index in [0.29, 0.717) is 16.0 Å². The van der Waals surface area contributed by atoms with Crippen molar-refractivity contribution in [2.24, 2.45) is 0 Å². The Bertz CT molecular complexity index is 895. The van der Waals surface area contributed by atoms with Crippen LogP contribution in [-0.2, 0) is 14.3 Å². The van der Waals surface area contributed by atoms with Crippen molar-refractivity contribution in [3.05, 3.63) is 70.6 Å². The SMILES string of the molecule is COC(=O)C(c1ccccc1)N1C(=O)/C(=C\c2cccc(O)c2)SC1=S. The Morgan fingerprint density at radius 3 is 2.62 bits per heavy atom. The minimum atomic E-state index is -0.941. The number of amides is 1. The smallest absolute Gasteiger partial charge is 0.333 e. The summed E-state index contributed by atoms with van der Waals surface area (Å²) in [5.74, 6) is -0.834. The standard InChI is InChI=1S/C19H15NO4S2/c1-24-18(23)16(13-7-3-2-4-8-13)20-17(22)15(26-19(20)25)11-12-6-5-9-14(21)10-12/h2-11,16,21H,1H3/b15-11+. The predicted octanol–water partition coefficient (Wildman–Crippen LogP) is 3.51. The van der Waals surface area contributed by atoms with Crippen LogP contribution >= 0.6 is 24.0 Å². The third-order valence-electron chi connectivity index (χ3n) is 3.79. The van der Waals surface area contributed by atoms with E-state index in [-0.39, 0.29) is 16.0 Å². The molecule has 1 N–H and O–H groups in total. The lowest BCUT2D eigenvalue weighted by atomic mass is 10.1. The molecule has 7 heteroatoms. The third-order valence-corrected chi connectivity index (χ3v) is 5.12. The second-order valence-corrected chi connectivity index (χ2v) is 7.16. The number of phenols is 1. The van der Waals surface area contributed by atoms with Gasteiger partial charge in [0.2, 0.25) is 0 Å². The summed E-state index contributed by atoms with van der Waals surface area (Å²) in [6.07, 6.45) is 1.64. The number of benzene rings is 2. The molecule has 0 aliphatic carbocycles. The first-order valence-electron chi connectivity index (χ1n) is 7.70. The van der Waals surface area contributed by atoms with Crippen LogP contribution in [0, 0.1) is 0 Å². The highest BCUT2D eigenvalue weighted by Crippen LogP contribution is 2.38. The van der Waals surface area contributed by atoms with E-state index in [4.69, 9.17) is 17.0 Å². The number of nitrogens with zero attached hydrogens (tertiary/aromatic N) is 1. The molecule has 132 valence electrons. The van der Waals surface area contributed by atoms with E-state index < -0.39 is 12.0 Å². The zero-order chi connectivity index (χ0) is 18.7. The van der Waals surface area contributed by atoms with Gasteiger partial charge in [-0.1, -0.05) is 66.4 Å². The Morgan fingerprint density at radius 2 is 1.96 bits per heavy atom. The first kappa shape index (κ1) is 18.2. The van der Waals surface area contributed by atoms with Crippen molar-refractivity contribution in [2.45, 2.75) is 6.04 Å². The summed E-state index contributed by atoms with van der Waals surface area (Å²) < 4.78 is 5.17. The first-order valence-corrected chi connectivity index (χ1v) is 8.92. The first-order chi connectivity index (χ1) is 12.5. The molecular weight excluding hydrogens is 370 g/mol. The van der Waals surface area contributed by atoms with Crippen molar-refractivity contribution < 1.29 is 19.4 Å². The zero-order valence-corrected chi connectivity index (χ0v) is 15.4. The van der Waals surface area contributed by atoms with Crippen LogP contribution in [0.25, 0.3) is 6.08 Å². The summed E-state index contributed by atoms with van der Waals surface area (Å²) in [6.45, 7) is 0. The Balaban J connectivity index is 1.98. The summed E-state index contributed by atoms with van der Waals surface area (Å²) in [4.78, 5) is 26.9. The van der Waals surface area contributed by atoms with E-state index in [2.05, 4.69) is 0 Å². The maximum absolute atomic E-state index is 12.9. The summed E-state index contributed by atoms with van der Waals surface area (Å²) in [5.41, 5.74) is 1.29. The van der Waals surface area contributed by atoms with E-state index in [1.165, 1.54) is 12.0 Å². The number of esters is 1. The molecule has 26 heavy (non-hydrogen) atoms. The number of rotatable bonds is 4. The fourth-order valence-corrected chi connectivity index (χ4v) is 3.92. The molecule has 1 saturated heterocycles. The van der Waals surface area contributed by atoms with Crippen LogP contribution in [0.2, 0.25) is 0 Å². The molecule has 1 atom stereocenters. The lowest BCUT2D eigenvalue weighted by molar-refractivity contribution is -0.148. The molecule has 1 unspecified atom stereocenters. The van der Waals surface area contributed by atoms with Crippen molar-refractivity contribution in [1.82, 2.24) is 4.90 Å². The van der Waals surface area contributed by atoms with Gasteiger partial charge in [0.1, 0.15) is 10.1 Å². The molecule has 5 nitrogen and oxygen atoms in total. The number of methoxy groups -OCH3 is 1. The number of aromatic hydroxyl groups is 1. The maximum Gasteiger partial charge on any atom is 0.333 e. The van der Waals surface area contributed by atoms with Gasteiger partial charge < -0.3 is 9.84 Å². The van der Waals surface area contributed by atoms with Crippen LogP contribution < -0.4 is 0 Å². The van der Waals surface area contributed by atoms with Gasteiger partial charge in [-0.2, -0.15) is 0 Å². The van der Waals surface area contributed by atoms with E-state index in [9.17, 15) is 14.7 Å². The second kappa shape index (κ2) is 7.72. The highest BCUT2D eigenvalue weighted by Gasteiger charge is 2.41. The molecule has 0 aromatic heterocycles. The molecule has 2 aromatic rings. The summed E-state index contributed by atoms with van der Waals surface area (Å²) in [7, 11) is 1.28. The molecule has 0 bridgehead atoms. The topological polar surface area (TPSA) is 66.8 Å². The summed E-state index contributed by atoms with van der Waals surface area (Å²) >= 11 is 6.46. The lowest BCUT2D eigenvalue weighted by Gasteiger charge is -2.24. The lowest BCUT2D eigenvalue weighted by Crippen LogP contribution is -2.37. The molecular formula is C19H15NO4S2. The minimum absolute atomic E-state index is 0.103. The van der Waals surface area contributed by atoms with Crippen molar-refractivity contribution in [3.63, 3.8) is 0 Å². The normalized spacial score (nSPS) is 16.8. The average Bonchev–Trinajstić information content (AvgIpc) is 2.90. The molecule has 2 aromatic carbocycles. The van der Waals surface area contributed by atoms with Gasteiger partial charge in [-0.3, -0.25) is 9.69 Å². The maximum atomic E-state index is 12.9. The monoisotopic (exact) mass is 385 g/mol. The molecule has 1 amide bonds. The van der Waals surface area contributed by atoms with E-state index in [1.54, 1.807) is 54.6 Å². The highest BCUT2D eigenvalue weighted by atomic mass is 32.2. The van der Waals surface area contributed by atoms with Crippen LogP contribution in [-0.4, -0.2) is 33.3 Å². The van der Waals surface area contributed by atoms with Gasteiger partial charge in [0.15, 0.2) is 6.04 Å². The van der Waals surface area contributed by atoms with Crippen molar-refractivity contribution in [3.8, 4) is 5.75 Å². The van der Waals surface area contributed by atoms with Gasteiger partial charge in [-0.15, -0.1) is 0 Å². The Labute approximate surface area is 160 Å². The van der Waals surface area contributed by atoms with Crippen LogP contribution in [0.3, 0.4) is 0 Å². The van der Waals surface area contributed by atoms with Crippen LogP contribution in [0.1, 0.15) is 17.2 Å². The number of thioether (sulfide) groups is 1. The number of ether oxygens (including phenoxy) is 1. The number of carbonyl (C=O) groups is 2. The zero-order valence-electron chi connectivity index (χ0n) is 13.8. The highest BCUT2D eigenvalue weighted by molar-refractivity contribution is 8.26. The van der Waals surface area contributed by atoms with E-state index in [0.717, 1.165) is 11.8 Å². The van der Waals surface area contributed by atoms with Crippen molar-refractivity contribution in [2.75, 3.05) is 7.11 Å². The fourth-order valence-electron chi connectivity index (χ4n) is 2.61. The molecule has 1 aliphatic heterocycles. The molecule has 0 radical (unpaired) electrons. The third kappa shape index (κ3) is 3.63. The number of hydrogen-bond acceptors (Lipinski definition) is 6. The van der Waals surface area contributed by atoms with Crippen LogP contribution in [0.15, 0.2) is 59.5 Å². The van der Waals surface area contributed by atoms with E-state index >= 15 is 0 Å². The van der Waals surface area contributed by atoms with Gasteiger partial charge in [0.05, 0.1) is 12.0 Å². The Morgan fingerprint density at radius 1 is 1.23 bits per heavy atom. The quantitative estimate of drug-likeness (QED) is 0.494. The number of hydrogen-bond donors (Lipinski definition) is 1. The van der Waals surface area contributed by atoms with Gasteiger partial charge >= 0.3 is 5.97 Å². The summed E-state index contributed by atoms with van der Waals surface area (Å²) in [5, 5.41) is 9.58. The van der Waals surface area contributed by atoms with Crippen LogP contribution in [0.4, 0.5) is 0 Å². The van der Waals surface area contributed by atoms with Gasteiger partial charge in [-0.05, 0) is 29.3 Å². The predicted molar refractivity (Wildman–Crippen MR) is 104 cm³/mol. The minimum Gasteiger partial charge on any atom is -0.508 e. The van der Waals surface area contributed by atoms with Crippen molar-refractivity contribution >= 4 is 46.3 Å². The summed E-state index contributed by atoms with van der Waals surface area (Å²) in [6, 6.07) is 14.5. The molecule has 0 spiro atoms. The second-order valence-electron chi connectivity index (χ2n) is 5.48. The molecule has 0 saturated carbocycles. The molecule has 3 rings (SSSR count). The molecule has 1 fully saturated rings. The Kier molecular flexibility index (Phi) is 5.39. The molecule has 1 aliphatic rings. The van der Waals surface area contributed by atoms with Crippen molar-refractivity contribution in [1.29, 1.82) is 0 Å². The number of carbonyl (C=O) groups excluding carboxylic acids is 2. The van der Waals surface area contributed by atoms with Gasteiger partial charge in [0.25, 0.3) is 5.91 Å². The van der Waals surface area contributed by atoms with Gasteiger partial charge in [0, 0.05) is 0 Å². The van der Waals surface area contributed by atoms with E-state index in [1.807, 2.05) is 6.07 Å². The number of thiocarbonyl (C=S) groups is 1. The Hall–Kier alpha value is -2.64.